The number of anilines is 2. The van der Waals surface area contributed by atoms with E-state index < -0.39 is 0 Å². The van der Waals surface area contributed by atoms with Gasteiger partial charge < -0.3 is 9.80 Å². The lowest BCUT2D eigenvalue weighted by Gasteiger charge is -2.17. The first-order valence-corrected chi connectivity index (χ1v) is 26.4. The Morgan fingerprint density at radius 2 is 1.03 bits per heavy atom. The van der Waals surface area contributed by atoms with Crippen LogP contribution in [0.4, 0.5) is 11.4 Å². The Hall–Kier alpha value is -5.71. The molecule has 8 aromatic rings. The van der Waals surface area contributed by atoms with Gasteiger partial charge in [-0.1, -0.05) is 57.2 Å². The Morgan fingerprint density at radius 3 is 1.50 bits per heavy atom. The maximum Gasteiger partial charge on any atom is 0.259 e. The molecule has 316 valence electrons. The largest absolute Gasteiger partial charge is 0.308 e. The smallest absolute Gasteiger partial charge is 0.259 e. The van der Waals surface area contributed by atoms with Crippen molar-refractivity contribution in [1.82, 2.24) is 0 Å². The van der Waals surface area contributed by atoms with Crippen LogP contribution >= 0.6 is 68.0 Å². The molecule has 2 aliphatic rings. The number of nitriles is 1. The van der Waals surface area contributed by atoms with Gasteiger partial charge in [-0.2, -0.15) is 5.26 Å². The Morgan fingerprint density at radius 1 is 0.562 bits per heavy atom. The monoisotopic (exact) mass is 943 g/mol. The van der Waals surface area contributed by atoms with Crippen LogP contribution in [-0.4, -0.2) is 24.9 Å². The number of allylic oxidation sites excluding steroid dienone is 2. The van der Waals surface area contributed by atoms with Crippen LogP contribution in [0.15, 0.2) is 120 Å². The summed E-state index contributed by atoms with van der Waals surface area (Å²) in [5.74, 6) is -0.235. The van der Waals surface area contributed by atoms with Gasteiger partial charge in [-0.15, -0.1) is 68.0 Å². The van der Waals surface area contributed by atoms with Gasteiger partial charge in [0.05, 0.1) is 28.1 Å². The molecule has 8 heterocycles. The molecule has 0 N–H and O–H groups in total. The molecule has 0 bridgehead atoms. The topological polar surface area (TPSA) is 64.4 Å². The zero-order valence-corrected chi connectivity index (χ0v) is 40.2. The maximum absolute atomic E-state index is 14.6. The van der Waals surface area contributed by atoms with Crippen LogP contribution in [0.3, 0.4) is 0 Å². The summed E-state index contributed by atoms with van der Waals surface area (Å²) >= 11 is 10.3. The molecule has 10 rings (SSSR count). The van der Waals surface area contributed by atoms with E-state index in [-0.39, 0.29) is 11.8 Å². The molecule has 2 amide bonds. The van der Waals surface area contributed by atoms with Crippen LogP contribution < -0.4 is 9.80 Å². The molecule has 0 fully saturated rings. The second-order valence-corrected chi connectivity index (χ2v) is 21.8. The summed E-state index contributed by atoms with van der Waals surface area (Å²) in [4.78, 5) is 44.5. The molecule has 2 aliphatic heterocycles. The van der Waals surface area contributed by atoms with Gasteiger partial charge in [-0.25, -0.2) is 0 Å². The average molecular weight is 944 g/mol. The number of thiophene rings is 6. The third-order valence-electron chi connectivity index (χ3n) is 11.4. The van der Waals surface area contributed by atoms with E-state index in [2.05, 4.69) is 129 Å². The van der Waals surface area contributed by atoms with Crippen molar-refractivity contribution in [2.45, 2.75) is 40.0 Å². The SMILES string of the molecule is CCCN1C(=O)/C(=C2/C(=O)N(CCC)c3cc(-c4ccc(-c5ccc(/C=C(\CC)c6cccs6)s5)s4)ccc32)c2ccc(-c3ccc(-c4ccc(/C=C(\C#N)c5cccs5)s4)s3)cc21. The Balaban J connectivity index is 0.959. The van der Waals surface area contributed by atoms with Crippen molar-refractivity contribution < 1.29 is 9.59 Å². The number of benzene rings is 2. The fourth-order valence-electron chi connectivity index (χ4n) is 8.42. The van der Waals surface area contributed by atoms with Gasteiger partial charge in [0.25, 0.3) is 11.8 Å². The lowest BCUT2D eigenvalue weighted by molar-refractivity contribution is -0.114. The van der Waals surface area contributed by atoms with Crippen molar-refractivity contribution in [3.8, 4) is 46.5 Å². The van der Waals surface area contributed by atoms with Gasteiger partial charge in [-0.05, 0) is 132 Å². The van der Waals surface area contributed by atoms with Crippen LogP contribution in [-0.2, 0) is 9.59 Å². The highest BCUT2D eigenvalue weighted by molar-refractivity contribution is 7.25. The summed E-state index contributed by atoms with van der Waals surface area (Å²) in [5.41, 5.74) is 8.42. The van der Waals surface area contributed by atoms with Gasteiger partial charge >= 0.3 is 0 Å². The molecule has 5 nitrogen and oxygen atoms in total. The summed E-state index contributed by atoms with van der Waals surface area (Å²) in [6, 6.07) is 40.4. The molecular formula is C53H41N3O2S6. The number of hydrogen-bond donors (Lipinski definition) is 0. The van der Waals surface area contributed by atoms with Crippen molar-refractivity contribution in [2.75, 3.05) is 22.9 Å². The minimum Gasteiger partial charge on any atom is -0.308 e. The van der Waals surface area contributed by atoms with Crippen molar-refractivity contribution in [1.29, 1.82) is 5.26 Å². The fraction of sp³-hybridized carbons (Fsp3) is 0.151. The maximum atomic E-state index is 14.6. The molecule has 2 aromatic carbocycles. The highest BCUT2D eigenvalue weighted by Gasteiger charge is 2.42. The molecule has 11 heteroatoms. The van der Waals surface area contributed by atoms with E-state index in [4.69, 9.17) is 0 Å². The molecule has 0 unspecified atom stereocenters. The Bertz CT molecular complexity index is 3200. The highest BCUT2D eigenvalue weighted by atomic mass is 32.1. The van der Waals surface area contributed by atoms with Crippen molar-refractivity contribution in [3.05, 3.63) is 151 Å². The highest BCUT2D eigenvalue weighted by Crippen LogP contribution is 2.50. The van der Waals surface area contributed by atoms with Gasteiger partial charge in [0.2, 0.25) is 0 Å². The Labute approximate surface area is 397 Å². The first-order chi connectivity index (χ1) is 31.3. The van der Waals surface area contributed by atoms with E-state index in [0.717, 1.165) is 82.2 Å². The zero-order valence-electron chi connectivity index (χ0n) is 35.3. The molecule has 6 aromatic heterocycles. The van der Waals surface area contributed by atoms with Crippen LogP contribution in [0.5, 0.6) is 0 Å². The summed E-state index contributed by atoms with van der Waals surface area (Å²) in [6.45, 7) is 7.50. The van der Waals surface area contributed by atoms with Crippen molar-refractivity contribution >= 4 is 126 Å². The summed E-state index contributed by atoms with van der Waals surface area (Å²) < 4.78 is 0. The number of hydrogen-bond acceptors (Lipinski definition) is 9. The lowest BCUT2D eigenvalue weighted by atomic mass is 9.95. The van der Waals surface area contributed by atoms with Crippen LogP contribution in [0.25, 0.3) is 74.8 Å². The van der Waals surface area contributed by atoms with Gasteiger partial charge in [0.15, 0.2) is 0 Å². The molecule has 0 spiro atoms. The van der Waals surface area contributed by atoms with Crippen LogP contribution in [0.1, 0.15) is 70.7 Å². The molecule has 0 aliphatic carbocycles. The normalized spacial score (nSPS) is 15.1. The van der Waals surface area contributed by atoms with E-state index in [9.17, 15) is 14.9 Å². The predicted octanol–water partition coefficient (Wildman–Crippen LogP) is 16.2. The minimum atomic E-state index is -0.120. The van der Waals surface area contributed by atoms with Crippen LogP contribution in [0.2, 0.25) is 0 Å². The predicted molar refractivity (Wildman–Crippen MR) is 279 cm³/mol. The first-order valence-electron chi connectivity index (χ1n) is 21.3. The number of nitrogens with zero attached hydrogens (tertiary/aromatic N) is 3. The van der Waals surface area contributed by atoms with E-state index >= 15 is 0 Å². The third kappa shape index (κ3) is 7.83. The van der Waals surface area contributed by atoms with Gasteiger partial charge in [0, 0.05) is 73.0 Å². The number of carbonyl (C=O) groups is 2. The number of carbonyl (C=O) groups excluding carboxylic acids is 2. The second kappa shape index (κ2) is 18.0. The van der Waals surface area contributed by atoms with Crippen molar-refractivity contribution in [2.24, 2.45) is 0 Å². The van der Waals surface area contributed by atoms with Crippen molar-refractivity contribution in [3.63, 3.8) is 0 Å². The Kier molecular flexibility index (Phi) is 11.9. The first kappa shape index (κ1) is 42.3. The second-order valence-electron chi connectivity index (χ2n) is 15.5. The zero-order chi connectivity index (χ0) is 43.9. The van der Waals surface area contributed by atoms with Gasteiger partial charge in [0.1, 0.15) is 6.07 Å². The van der Waals surface area contributed by atoms with E-state index in [1.54, 1.807) is 56.7 Å². The van der Waals surface area contributed by atoms with Gasteiger partial charge in [-0.3, -0.25) is 9.59 Å². The quantitative estimate of drug-likeness (QED) is 0.0854. The molecule has 64 heavy (non-hydrogen) atoms. The van der Waals surface area contributed by atoms with E-state index in [1.165, 1.54) is 25.1 Å². The lowest BCUT2D eigenvalue weighted by Crippen LogP contribution is -2.29. The molecule has 0 atom stereocenters. The third-order valence-corrected chi connectivity index (χ3v) is 18.0. The fourth-order valence-corrected chi connectivity index (χ4v) is 14.0. The molecular weight excluding hydrogens is 903 g/mol. The summed E-state index contributed by atoms with van der Waals surface area (Å²) in [6.07, 6.45) is 6.84. The molecule has 0 saturated heterocycles. The summed E-state index contributed by atoms with van der Waals surface area (Å²) in [5, 5.41) is 13.9. The molecule has 0 saturated carbocycles. The number of fused-ring (bicyclic) bond motifs is 2. The van der Waals surface area contributed by atoms with E-state index in [0.29, 0.717) is 29.8 Å². The summed E-state index contributed by atoms with van der Waals surface area (Å²) in [7, 11) is 0. The average Bonchev–Trinajstić information content (AvgIpc) is 4.17. The molecule has 0 radical (unpaired) electrons. The van der Waals surface area contributed by atoms with Crippen LogP contribution in [0, 0.1) is 11.3 Å². The standard InChI is InChI=1S/C53H41N3O2S6/c1-4-23-55-40-29-33(44-19-21-48(63-44)46-17-13-36(61-46)27-32(6-3)42-9-7-25-59-42)11-15-38(40)50(52(55)57)51-39-16-12-34(30-41(39)56(24-5-2)53(51)58)45-20-22-49(64-45)47-18-14-37(62-47)28-35(31-54)43-10-8-26-60-43/h7-22,25-30H,4-6,23-24H2,1-3H3/b32-27+,35-28+,51-50+. The number of amides is 2. The minimum absolute atomic E-state index is 0.115. The number of rotatable bonds is 13. The van der Waals surface area contributed by atoms with E-state index in [1.807, 2.05) is 50.8 Å².